The van der Waals surface area contributed by atoms with Crippen LogP contribution in [0.25, 0.3) is 17.1 Å². The van der Waals surface area contributed by atoms with Gasteiger partial charge < -0.3 is 5.73 Å². The quantitative estimate of drug-likeness (QED) is 0.789. The summed E-state index contributed by atoms with van der Waals surface area (Å²) in [6.45, 7) is 0. The van der Waals surface area contributed by atoms with Gasteiger partial charge in [-0.25, -0.2) is 14.1 Å². The first-order valence-electron chi connectivity index (χ1n) is 7.79. The number of pyridine rings is 1. The van der Waals surface area contributed by atoms with Crippen molar-refractivity contribution in [2.24, 2.45) is 5.73 Å². The molecule has 0 aliphatic heterocycles. The van der Waals surface area contributed by atoms with Crippen LogP contribution in [0.4, 0.5) is 4.39 Å². The fourth-order valence-electron chi connectivity index (χ4n) is 3.25. The molecule has 3 aromatic rings. The summed E-state index contributed by atoms with van der Waals surface area (Å²) in [5.41, 5.74) is 9.45. The number of hydrogen-bond acceptors (Lipinski definition) is 3. The molecule has 2 heterocycles. The molecule has 2 N–H and O–H groups in total. The second kappa shape index (κ2) is 5.59. The van der Waals surface area contributed by atoms with E-state index in [2.05, 4.69) is 10.1 Å². The van der Waals surface area contributed by atoms with Gasteiger partial charge in [0.05, 0.1) is 5.69 Å². The second-order valence-corrected chi connectivity index (χ2v) is 5.79. The molecule has 0 amide bonds. The van der Waals surface area contributed by atoms with Crippen LogP contribution in [0.3, 0.4) is 0 Å². The summed E-state index contributed by atoms with van der Waals surface area (Å²) < 4.78 is 16.1. The van der Waals surface area contributed by atoms with Crippen molar-refractivity contribution >= 4 is 0 Å². The Morgan fingerprint density at radius 3 is 2.74 bits per heavy atom. The van der Waals surface area contributed by atoms with Crippen LogP contribution in [0.2, 0.25) is 0 Å². The van der Waals surface area contributed by atoms with Crippen LogP contribution in [-0.4, -0.2) is 14.8 Å². The highest BCUT2D eigenvalue weighted by molar-refractivity contribution is 5.66. The zero-order chi connectivity index (χ0) is 15.8. The molecule has 1 aliphatic carbocycles. The van der Waals surface area contributed by atoms with Crippen LogP contribution in [0.5, 0.6) is 0 Å². The molecule has 0 radical (unpaired) electrons. The van der Waals surface area contributed by atoms with Crippen LogP contribution in [0, 0.1) is 5.82 Å². The molecule has 5 heteroatoms. The zero-order valence-corrected chi connectivity index (χ0v) is 12.6. The number of nitrogens with zero attached hydrogens (tertiary/aromatic N) is 3. The van der Waals surface area contributed by atoms with E-state index in [1.54, 1.807) is 18.3 Å². The minimum Gasteiger partial charge on any atom is -0.324 e. The average Bonchev–Trinajstić information content (AvgIpc) is 2.97. The number of fused-ring (bicyclic) bond motifs is 1. The topological polar surface area (TPSA) is 56.7 Å². The molecular weight excluding hydrogens is 291 g/mol. The van der Waals surface area contributed by atoms with Gasteiger partial charge in [-0.3, -0.25) is 0 Å². The number of hydrogen-bond donors (Lipinski definition) is 1. The summed E-state index contributed by atoms with van der Waals surface area (Å²) in [7, 11) is 0. The van der Waals surface area contributed by atoms with E-state index in [1.165, 1.54) is 6.07 Å². The first-order chi connectivity index (χ1) is 11.3. The average molecular weight is 308 g/mol. The van der Waals surface area contributed by atoms with Gasteiger partial charge in [-0.15, -0.1) is 0 Å². The minimum atomic E-state index is -0.279. The van der Waals surface area contributed by atoms with Crippen molar-refractivity contribution < 1.29 is 4.39 Å². The van der Waals surface area contributed by atoms with Crippen molar-refractivity contribution in [1.29, 1.82) is 0 Å². The van der Waals surface area contributed by atoms with Crippen LogP contribution in [-0.2, 0) is 6.42 Å². The summed E-state index contributed by atoms with van der Waals surface area (Å²) in [5, 5.41) is 4.68. The van der Waals surface area contributed by atoms with Crippen LogP contribution < -0.4 is 5.73 Å². The van der Waals surface area contributed by atoms with Gasteiger partial charge in [0.25, 0.3) is 0 Å². The predicted molar refractivity (Wildman–Crippen MR) is 86.6 cm³/mol. The van der Waals surface area contributed by atoms with E-state index in [9.17, 15) is 4.39 Å². The highest BCUT2D eigenvalue weighted by Crippen LogP contribution is 2.37. The van der Waals surface area contributed by atoms with Crippen molar-refractivity contribution in [1.82, 2.24) is 14.8 Å². The Bertz CT molecular complexity index is 841. The van der Waals surface area contributed by atoms with Crippen molar-refractivity contribution in [2.75, 3.05) is 0 Å². The van der Waals surface area contributed by atoms with E-state index >= 15 is 0 Å². The molecule has 0 fully saturated rings. The fraction of sp³-hybridized carbons (Fsp3) is 0.222. The third-order valence-electron chi connectivity index (χ3n) is 4.32. The normalized spacial score (nSPS) is 17.0. The van der Waals surface area contributed by atoms with Crippen molar-refractivity contribution in [3.63, 3.8) is 0 Å². The molecule has 0 bridgehead atoms. The van der Waals surface area contributed by atoms with E-state index < -0.39 is 0 Å². The lowest BCUT2D eigenvalue weighted by molar-refractivity contribution is 0.557. The molecule has 116 valence electrons. The molecule has 4 rings (SSSR count). The van der Waals surface area contributed by atoms with Gasteiger partial charge in [-0.1, -0.05) is 18.2 Å². The first kappa shape index (κ1) is 14.1. The van der Waals surface area contributed by atoms with Gasteiger partial charge in [-0.05, 0) is 43.5 Å². The fourth-order valence-corrected chi connectivity index (χ4v) is 3.25. The Kier molecular flexibility index (Phi) is 3.42. The van der Waals surface area contributed by atoms with Gasteiger partial charge in [0.15, 0.2) is 5.82 Å². The van der Waals surface area contributed by atoms with Crippen LogP contribution >= 0.6 is 0 Å². The Hall–Kier alpha value is -2.53. The lowest BCUT2D eigenvalue weighted by Gasteiger charge is -2.20. The molecule has 23 heavy (non-hydrogen) atoms. The van der Waals surface area contributed by atoms with E-state index in [0.717, 1.165) is 36.3 Å². The Morgan fingerprint density at radius 1 is 1.13 bits per heavy atom. The predicted octanol–water partition coefficient (Wildman–Crippen LogP) is 3.41. The first-order valence-corrected chi connectivity index (χ1v) is 7.79. The molecule has 0 saturated carbocycles. The third kappa shape index (κ3) is 2.33. The lowest BCUT2D eigenvalue weighted by Crippen LogP contribution is -2.18. The van der Waals surface area contributed by atoms with Gasteiger partial charge in [0, 0.05) is 23.4 Å². The number of aromatic nitrogens is 3. The summed E-state index contributed by atoms with van der Waals surface area (Å²) in [6.07, 6.45) is 4.50. The molecule has 1 aliphatic rings. The molecule has 0 saturated heterocycles. The van der Waals surface area contributed by atoms with Crippen LogP contribution in [0.15, 0.2) is 48.7 Å². The molecule has 4 nitrogen and oxygen atoms in total. The summed E-state index contributed by atoms with van der Waals surface area (Å²) in [4.78, 5) is 4.38. The summed E-state index contributed by atoms with van der Waals surface area (Å²) in [6, 6.07) is 12.3. The van der Waals surface area contributed by atoms with Gasteiger partial charge in [0.1, 0.15) is 11.5 Å². The zero-order valence-electron chi connectivity index (χ0n) is 12.6. The second-order valence-electron chi connectivity index (χ2n) is 5.79. The highest BCUT2D eigenvalue weighted by atomic mass is 19.1. The van der Waals surface area contributed by atoms with Crippen molar-refractivity contribution in [3.8, 4) is 17.1 Å². The molecule has 1 aromatic carbocycles. The molecule has 2 aromatic heterocycles. The maximum Gasteiger partial charge on any atom is 0.153 e. The maximum absolute atomic E-state index is 14.3. The van der Waals surface area contributed by atoms with Crippen molar-refractivity contribution in [3.05, 3.63) is 65.7 Å². The van der Waals surface area contributed by atoms with Crippen LogP contribution in [0.1, 0.15) is 30.1 Å². The standard InChI is InChI=1S/C18H17FN4/c19-13-7-2-1-6-12(13)18-17-14(20)8-5-9-15(17)23(22-18)16-10-3-4-11-21-16/h1-4,6-7,10-11,14H,5,8-9,20H2. The molecule has 0 spiro atoms. The highest BCUT2D eigenvalue weighted by Gasteiger charge is 2.28. The Morgan fingerprint density at radius 2 is 1.96 bits per heavy atom. The van der Waals surface area contributed by atoms with Gasteiger partial charge in [0.2, 0.25) is 0 Å². The number of halogens is 1. The van der Waals surface area contributed by atoms with E-state index in [1.807, 2.05) is 28.9 Å². The molecule has 1 atom stereocenters. The van der Waals surface area contributed by atoms with E-state index in [4.69, 9.17) is 5.73 Å². The summed E-state index contributed by atoms with van der Waals surface area (Å²) >= 11 is 0. The van der Waals surface area contributed by atoms with Crippen molar-refractivity contribution in [2.45, 2.75) is 25.3 Å². The monoisotopic (exact) mass is 308 g/mol. The maximum atomic E-state index is 14.3. The Labute approximate surface area is 133 Å². The molecule has 1 unspecified atom stereocenters. The Balaban J connectivity index is 1.97. The lowest BCUT2D eigenvalue weighted by atomic mass is 9.89. The smallest absolute Gasteiger partial charge is 0.153 e. The molecular formula is C18H17FN4. The summed E-state index contributed by atoms with van der Waals surface area (Å²) in [5.74, 6) is 0.458. The van der Waals surface area contributed by atoms with Gasteiger partial charge in [-0.2, -0.15) is 5.10 Å². The van der Waals surface area contributed by atoms with E-state index in [0.29, 0.717) is 11.3 Å². The van der Waals surface area contributed by atoms with Gasteiger partial charge >= 0.3 is 0 Å². The van der Waals surface area contributed by atoms with E-state index in [-0.39, 0.29) is 11.9 Å². The SMILES string of the molecule is NC1CCCc2c1c(-c1ccccc1F)nn2-c1ccccn1. The third-order valence-corrected chi connectivity index (χ3v) is 4.32. The number of benzene rings is 1. The largest absolute Gasteiger partial charge is 0.324 e. The minimum absolute atomic E-state index is 0.120. The number of rotatable bonds is 2. The number of nitrogens with two attached hydrogens (primary N) is 1.